The fraction of sp³-hybridized carbons (Fsp3) is 0.276. The number of halogens is 2. The standard InChI is InChI=1S/C29H29ClFNO7/c1-32(2)29(37)21-13-20(18-8-10-24(30)25(31)16-18)14-22(15-21)39-17-19-5-3-6-26(23(19)9-11-28(35)36)38-12-4-7-27(33)34/h3,5-6,8,10,13-16H,4,7,9,11-12,17H2,1-2H3,(H,33,34)(H,35,36). The highest BCUT2D eigenvalue weighted by Gasteiger charge is 2.16. The lowest BCUT2D eigenvalue weighted by Crippen LogP contribution is -2.21. The second-order valence-corrected chi connectivity index (χ2v) is 9.40. The van der Waals surface area contributed by atoms with Crippen LogP contribution < -0.4 is 9.47 Å². The van der Waals surface area contributed by atoms with Crippen molar-refractivity contribution in [1.82, 2.24) is 4.90 Å². The van der Waals surface area contributed by atoms with Gasteiger partial charge in [0.05, 0.1) is 11.6 Å². The van der Waals surface area contributed by atoms with Crippen LogP contribution >= 0.6 is 11.6 Å². The lowest BCUT2D eigenvalue weighted by molar-refractivity contribution is -0.138. The van der Waals surface area contributed by atoms with Crippen molar-refractivity contribution in [3.05, 3.63) is 82.1 Å². The first-order valence-corrected chi connectivity index (χ1v) is 12.5. The average Bonchev–Trinajstić information content (AvgIpc) is 2.89. The van der Waals surface area contributed by atoms with Crippen molar-refractivity contribution in [2.24, 2.45) is 0 Å². The number of rotatable bonds is 13. The molecule has 10 heteroatoms. The van der Waals surface area contributed by atoms with Crippen LogP contribution in [0.3, 0.4) is 0 Å². The first-order valence-electron chi connectivity index (χ1n) is 12.2. The van der Waals surface area contributed by atoms with Crippen LogP contribution in [0.5, 0.6) is 11.5 Å². The van der Waals surface area contributed by atoms with Crippen LogP contribution in [0.1, 0.15) is 40.7 Å². The van der Waals surface area contributed by atoms with Crippen LogP contribution in [-0.2, 0) is 22.6 Å². The summed E-state index contributed by atoms with van der Waals surface area (Å²) in [6, 6.07) is 14.5. The van der Waals surface area contributed by atoms with Gasteiger partial charge in [0.1, 0.15) is 23.9 Å². The van der Waals surface area contributed by atoms with Gasteiger partial charge in [0.25, 0.3) is 5.91 Å². The van der Waals surface area contributed by atoms with Crippen molar-refractivity contribution in [2.45, 2.75) is 32.3 Å². The third-order valence-electron chi connectivity index (χ3n) is 5.82. The number of amides is 1. The molecule has 3 rings (SSSR count). The number of nitrogens with zero attached hydrogens (tertiary/aromatic N) is 1. The minimum Gasteiger partial charge on any atom is -0.493 e. The SMILES string of the molecule is CN(C)C(=O)c1cc(OCc2cccc(OCCCC(=O)O)c2CCC(=O)O)cc(-c2ccc(Cl)c(F)c2)c1. The Hall–Kier alpha value is -4.11. The van der Waals surface area contributed by atoms with E-state index in [1.807, 2.05) is 0 Å². The summed E-state index contributed by atoms with van der Waals surface area (Å²) in [7, 11) is 3.24. The Balaban J connectivity index is 1.92. The largest absolute Gasteiger partial charge is 0.493 e. The Kier molecular flexibility index (Phi) is 10.3. The van der Waals surface area contributed by atoms with Crippen molar-refractivity contribution in [2.75, 3.05) is 20.7 Å². The van der Waals surface area contributed by atoms with Crippen LogP contribution in [0.2, 0.25) is 5.02 Å². The molecule has 1 amide bonds. The smallest absolute Gasteiger partial charge is 0.303 e. The van der Waals surface area contributed by atoms with Gasteiger partial charge in [-0.3, -0.25) is 14.4 Å². The molecule has 0 heterocycles. The van der Waals surface area contributed by atoms with E-state index in [0.29, 0.717) is 45.7 Å². The van der Waals surface area contributed by atoms with Gasteiger partial charge < -0.3 is 24.6 Å². The highest BCUT2D eigenvalue weighted by atomic mass is 35.5. The van der Waals surface area contributed by atoms with Crippen LogP contribution in [0, 0.1) is 5.82 Å². The van der Waals surface area contributed by atoms with Crippen molar-refractivity contribution in [3.8, 4) is 22.6 Å². The number of carbonyl (C=O) groups is 3. The Morgan fingerprint density at radius 1 is 0.923 bits per heavy atom. The molecule has 0 fully saturated rings. The zero-order chi connectivity index (χ0) is 28.5. The summed E-state index contributed by atoms with van der Waals surface area (Å²) < 4.78 is 26.0. The molecule has 206 valence electrons. The van der Waals surface area contributed by atoms with Gasteiger partial charge in [0, 0.05) is 38.1 Å². The Morgan fingerprint density at radius 2 is 1.67 bits per heavy atom. The number of hydrogen-bond acceptors (Lipinski definition) is 5. The summed E-state index contributed by atoms with van der Waals surface area (Å²) in [5.41, 5.74) is 2.71. The van der Waals surface area contributed by atoms with E-state index in [2.05, 4.69) is 0 Å². The van der Waals surface area contributed by atoms with E-state index in [0.717, 1.165) is 0 Å². The minimum absolute atomic E-state index is 0.0188. The van der Waals surface area contributed by atoms with E-state index >= 15 is 0 Å². The maximum absolute atomic E-state index is 14.2. The lowest BCUT2D eigenvalue weighted by Gasteiger charge is -2.17. The maximum Gasteiger partial charge on any atom is 0.303 e. The number of aliphatic carboxylic acids is 2. The fourth-order valence-corrected chi connectivity index (χ4v) is 3.99. The third-order valence-corrected chi connectivity index (χ3v) is 6.12. The Morgan fingerprint density at radius 3 is 2.33 bits per heavy atom. The van der Waals surface area contributed by atoms with E-state index < -0.39 is 17.8 Å². The molecule has 0 bridgehead atoms. The summed E-state index contributed by atoms with van der Waals surface area (Å²) >= 11 is 5.83. The van der Waals surface area contributed by atoms with Crippen molar-refractivity contribution >= 4 is 29.4 Å². The van der Waals surface area contributed by atoms with Crippen molar-refractivity contribution < 1.29 is 38.5 Å². The summed E-state index contributed by atoms with van der Waals surface area (Å²) in [4.78, 5) is 36.2. The molecule has 2 N–H and O–H groups in total. The van der Waals surface area contributed by atoms with Gasteiger partial charge in [0.15, 0.2) is 0 Å². The van der Waals surface area contributed by atoms with Gasteiger partial charge in [-0.05, 0) is 65.9 Å². The number of hydrogen-bond donors (Lipinski definition) is 2. The molecule has 0 saturated heterocycles. The van der Waals surface area contributed by atoms with Gasteiger partial charge in [-0.15, -0.1) is 0 Å². The molecule has 8 nitrogen and oxygen atoms in total. The molecule has 0 saturated carbocycles. The normalized spacial score (nSPS) is 10.7. The van der Waals surface area contributed by atoms with Gasteiger partial charge in [-0.25, -0.2) is 4.39 Å². The molecule has 0 aliphatic carbocycles. The highest BCUT2D eigenvalue weighted by Crippen LogP contribution is 2.31. The number of carboxylic acids is 2. The first kappa shape index (κ1) is 29.4. The topological polar surface area (TPSA) is 113 Å². The second-order valence-electron chi connectivity index (χ2n) is 9.00. The van der Waals surface area contributed by atoms with E-state index in [-0.39, 0.29) is 43.4 Å². The van der Waals surface area contributed by atoms with E-state index in [1.54, 1.807) is 56.6 Å². The molecular weight excluding hydrogens is 529 g/mol. The summed E-state index contributed by atoms with van der Waals surface area (Å²) in [6.07, 6.45) is 0.295. The van der Waals surface area contributed by atoms with Crippen LogP contribution in [0.25, 0.3) is 11.1 Å². The molecule has 0 aromatic heterocycles. The second kappa shape index (κ2) is 13.6. The molecule has 0 aliphatic heterocycles. The molecule has 0 radical (unpaired) electrons. The van der Waals surface area contributed by atoms with E-state index in [9.17, 15) is 23.9 Å². The highest BCUT2D eigenvalue weighted by molar-refractivity contribution is 6.30. The Bertz CT molecular complexity index is 1360. The average molecular weight is 558 g/mol. The molecule has 3 aromatic carbocycles. The summed E-state index contributed by atoms with van der Waals surface area (Å²) in [6.45, 7) is 0.196. The quantitative estimate of drug-likeness (QED) is 0.260. The summed E-state index contributed by atoms with van der Waals surface area (Å²) in [5, 5.41) is 18.1. The predicted octanol–water partition coefficient (Wildman–Crippen LogP) is 5.69. The molecular formula is C29H29ClFNO7. The third kappa shape index (κ3) is 8.44. The van der Waals surface area contributed by atoms with Gasteiger partial charge in [0.2, 0.25) is 0 Å². The molecule has 0 aliphatic rings. The van der Waals surface area contributed by atoms with Crippen molar-refractivity contribution in [1.29, 1.82) is 0 Å². The van der Waals surface area contributed by atoms with Crippen LogP contribution in [-0.4, -0.2) is 53.7 Å². The minimum atomic E-state index is -0.975. The zero-order valence-electron chi connectivity index (χ0n) is 21.6. The number of carbonyl (C=O) groups excluding carboxylic acids is 1. The van der Waals surface area contributed by atoms with E-state index in [4.69, 9.17) is 26.2 Å². The lowest BCUT2D eigenvalue weighted by atomic mass is 10.0. The maximum atomic E-state index is 14.2. The molecule has 3 aromatic rings. The molecule has 0 atom stereocenters. The number of ether oxygens (including phenoxy) is 2. The van der Waals surface area contributed by atoms with E-state index in [1.165, 1.54) is 17.0 Å². The number of carboxylic acid groups (broad SMARTS) is 2. The van der Waals surface area contributed by atoms with Crippen LogP contribution in [0.15, 0.2) is 54.6 Å². The van der Waals surface area contributed by atoms with Gasteiger partial charge in [-0.2, -0.15) is 0 Å². The zero-order valence-corrected chi connectivity index (χ0v) is 22.3. The van der Waals surface area contributed by atoms with Gasteiger partial charge >= 0.3 is 11.9 Å². The fourth-order valence-electron chi connectivity index (χ4n) is 3.87. The molecule has 39 heavy (non-hydrogen) atoms. The molecule has 0 spiro atoms. The van der Waals surface area contributed by atoms with Crippen molar-refractivity contribution in [3.63, 3.8) is 0 Å². The first-order chi connectivity index (χ1) is 18.5. The predicted molar refractivity (Wildman–Crippen MR) is 144 cm³/mol. The van der Waals surface area contributed by atoms with Gasteiger partial charge in [-0.1, -0.05) is 29.8 Å². The number of benzene rings is 3. The summed E-state index contributed by atoms with van der Waals surface area (Å²) in [5.74, 6) is -1.96. The molecule has 0 unspecified atom stereocenters. The van der Waals surface area contributed by atoms with Crippen LogP contribution in [0.4, 0.5) is 4.39 Å². The monoisotopic (exact) mass is 557 g/mol. The Labute approximate surface area is 230 Å².